The maximum atomic E-state index is 14.9. The van der Waals surface area contributed by atoms with Crippen molar-refractivity contribution in [2.75, 3.05) is 13.1 Å². The highest BCUT2D eigenvalue weighted by atomic mass is 16.3. The molecule has 16 heteroatoms. The number of aromatic nitrogens is 3. The summed E-state index contributed by atoms with van der Waals surface area (Å²) in [4.78, 5) is 81.6. The first-order valence-electron chi connectivity index (χ1n) is 20.2. The van der Waals surface area contributed by atoms with E-state index in [1.54, 1.807) is 26.0 Å². The Morgan fingerprint density at radius 2 is 1.67 bits per heavy atom. The number of benzene rings is 2. The monoisotopic (exact) mass is 785 g/mol. The van der Waals surface area contributed by atoms with Crippen LogP contribution in [0.4, 0.5) is 4.79 Å². The van der Waals surface area contributed by atoms with E-state index in [9.17, 15) is 33.9 Å². The maximum Gasteiger partial charge on any atom is 0.315 e. The van der Waals surface area contributed by atoms with Gasteiger partial charge in [0.15, 0.2) is 0 Å². The van der Waals surface area contributed by atoms with Crippen LogP contribution in [0, 0.1) is 5.92 Å². The molecule has 1 aromatic heterocycles. The predicted octanol–water partition coefficient (Wildman–Crippen LogP) is 2.74. The topological polar surface area (TPSA) is 231 Å². The third-order valence-electron chi connectivity index (χ3n) is 11.3. The average Bonchev–Trinajstić information content (AvgIpc) is 3.65. The van der Waals surface area contributed by atoms with Crippen molar-refractivity contribution in [3.63, 3.8) is 0 Å². The van der Waals surface area contributed by atoms with Crippen LogP contribution in [0.2, 0.25) is 0 Å². The zero-order chi connectivity index (χ0) is 40.7. The van der Waals surface area contributed by atoms with Crippen LogP contribution in [0.3, 0.4) is 0 Å². The number of fused-ring (bicyclic) bond motifs is 1. The molecule has 2 saturated carbocycles. The van der Waals surface area contributed by atoms with Gasteiger partial charge in [-0.25, -0.2) is 9.48 Å². The van der Waals surface area contributed by atoms with Gasteiger partial charge in [-0.05, 0) is 81.2 Å². The molecular formula is C41H55N9O7. The number of unbranched alkanes of at least 4 members (excludes halogenated alkanes) is 1. The van der Waals surface area contributed by atoms with Gasteiger partial charge < -0.3 is 37.0 Å². The van der Waals surface area contributed by atoms with E-state index >= 15 is 0 Å². The van der Waals surface area contributed by atoms with Crippen LogP contribution in [0.5, 0.6) is 0 Å². The van der Waals surface area contributed by atoms with E-state index < -0.39 is 59.2 Å². The number of hydrogen-bond donors (Lipinski definition) is 6. The second kappa shape index (κ2) is 18.3. The maximum absolute atomic E-state index is 14.9. The van der Waals surface area contributed by atoms with Crippen LogP contribution in [0.1, 0.15) is 113 Å². The Hall–Kier alpha value is -5.38. The Kier molecular flexibility index (Phi) is 13.2. The standard InChI is InChI=1S/C41H55N9O7/c1-41(2,57)34-23-44-48-50(34)30-22-33(38(54)46-31(35(51)36(42)52)14-8-9-19-43-40(56)45-29-17-18-29)49(24-30)39(55)32(20-25-10-4-3-5-11-25)47-37(53)28-16-15-26-12-6-7-13-27(26)21-28/h6-7,12-13,15-16,21,23,25,29-33,57H,3-5,8-11,14,17-20,22,24H2,1-2H3,(H2,42,52)(H,46,54)(H,47,53)(H2,43,45,56)/t30-,31?,32+,33-/m0/s1. The lowest BCUT2D eigenvalue weighted by Crippen LogP contribution is -2.56. The van der Waals surface area contributed by atoms with Crippen LogP contribution in [-0.4, -0.2) is 97.7 Å². The molecule has 7 N–H and O–H groups in total. The predicted molar refractivity (Wildman–Crippen MR) is 210 cm³/mol. The summed E-state index contributed by atoms with van der Waals surface area (Å²) in [5.74, 6) is -3.56. The molecule has 2 aromatic carbocycles. The molecule has 4 atom stereocenters. The minimum absolute atomic E-state index is 0.000600. The van der Waals surface area contributed by atoms with Gasteiger partial charge in [0.2, 0.25) is 17.6 Å². The van der Waals surface area contributed by atoms with E-state index in [0.29, 0.717) is 37.1 Å². The minimum Gasteiger partial charge on any atom is -0.384 e. The van der Waals surface area contributed by atoms with Crippen molar-refractivity contribution in [1.29, 1.82) is 0 Å². The largest absolute Gasteiger partial charge is 0.384 e. The van der Waals surface area contributed by atoms with E-state index in [2.05, 4.69) is 31.6 Å². The average molecular weight is 786 g/mol. The van der Waals surface area contributed by atoms with Crippen LogP contribution in [0.25, 0.3) is 10.8 Å². The highest BCUT2D eigenvalue weighted by molar-refractivity contribution is 6.37. The number of hydrogen-bond acceptors (Lipinski definition) is 9. The molecule has 6 rings (SSSR count). The zero-order valence-electron chi connectivity index (χ0n) is 32.7. The van der Waals surface area contributed by atoms with Gasteiger partial charge in [-0.3, -0.25) is 24.0 Å². The van der Waals surface area contributed by atoms with Crippen molar-refractivity contribution >= 4 is 46.2 Å². The normalized spacial score (nSPS) is 19.7. The summed E-state index contributed by atoms with van der Waals surface area (Å²) in [6, 6.07) is 9.00. The summed E-state index contributed by atoms with van der Waals surface area (Å²) in [5.41, 5.74) is 4.84. The van der Waals surface area contributed by atoms with Crippen molar-refractivity contribution in [2.24, 2.45) is 11.7 Å². The molecule has 1 saturated heterocycles. The van der Waals surface area contributed by atoms with E-state index in [4.69, 9.17) is 5.73 Å². The van der Waals surface area contributed by atoms with Gasteiger partial charge in [-0.2, -0.15) is 0 Å². The van der Waals surface area contributed by atoms with Crippen molar-refractivity contribution in [1.82, 2.24) is 41.2 Å². The number of urea groups is 1. The molecule has 3 fully saturated rings. The van der Waals surface area contributed by atoms with Crippen molar-refractivity contribution in [2.45, 2.75) is 127 Å². The highest BCUT2D eigenvalue weighted by Gasteiger charge is 2.45. The smallest absolute Gasteiger partial charge is 0.315 e. The van der Waals surface area contributed by atoms with E-state index in [0.717, 1.165) is 55.7 Å². The number of nitrogens with two attached hydrogens (primary N) is 1. The second-order valence-electron chi connectivity index (χ2n) is 16.3. The van der Waals surface area contributed by atoms with Gasteiger partial charge in [0.1, 0.15) is 17.7 Å². The Morgan fingerprint density at radius 3 is 2.37 bits per heavy atom. The summed E-state index contributed by atoms with van der Waals surface area (Å²) in [7, 11) is 0. The van der Waals surface area contributed by atoms with Gasteiger partial charge in [0.05, 0.1) is 24.0 Å². The summed E-state index contributed by atoms with van der Waals surface area (Å²) in [6.45, 7) is 3.49. The summed E-state index contributed by atoms with van der Waals surface area (Å²) >= 11 is 0. The van der Waals surface area contributed by atoms with Gasteiger partial charge in [0, 0.05) is 31.1 Å². The SMILES string of the molecule is CC(C)(O)c1cnnn1[C@H]1C[C@@H](C(=O)NC(CCCCNC(=O)NC2CC2)C(=O)C(N)=O)N(C(=O)[C@@H](CC2CCCCC2)NC(=O)c2ccc3ccccc3c2)C1. The Balaban J connectivity index is 1.23. The zero-order valence-corrected chi connectivity index (χ0v) is 32.7. The molecule has 306 valence electrons. The number of Topliss-reactive ketones (excluding diaryl/α,β-unsaturated/α-hetero) is 1. The number of likely N-dealkylation sites (tertiary alicyclic amines) is 1. The third kappa shape index (κ3) is 10.7. The molecule has 16 nitrogen and oxygen atoms in total. The number of amides is 6. The number of carbonyl (C=O) groups excluding carboxylic acids is 6. The number of aliphatic hydroxyl groups is 1. The van der Waals surface area contributed by atoms with Crippen molar-refractivity contribution in [3.8, 4) is 0 Å². The summed E-state index contributed by atoms with van der Waals surface area (Å²) < 4.78 is 1.51. The fourth-order valence-electron chi connectivity index (χ4n) is 8.03. The Morgan fingerprint density at radius 1 is 0.930 bits per heavy atom. The van der Waals surface area contributed by atoms with E-state index in [1.165, 1.54) is 15.8 Å². The first-order valence-corrected chi connectivity index (χ1v) is 20.2. The first-order chi connectivity index (χ1) is 27.3. The van der Waals surface area contributed by atoms with Crippen LogP contribution < -0.4 is 27.0 Å². The summed E-state index contributed by atoms with van der Waals surface area (Å²) in [6.07, 6.45) is 9.65. The molecule has 0 bridgehead atoms. The molecule has 2 heterocycles. The molecule has 1 aliphatic heterocycles. The van der Waals surface area contributed by atoms with Gasteiger partial charge in [-0.15, -0.1) is 5.10 Å². The second-order valence-corrected chi connectivity index (χ2v) is 16.3. The number of rotatable bonds is 17. The number of carbonyl (C=O) groups is 6. The van der Waals surface area contributed by atoms with Gasteiger partial charge in [0.25, 0.3) is 11.8 Å². The molecular weight excluding hydrogens is 731 g/mol. The lowest BCUT2D eigenvalue weighted by molar-refractivity contribution is -0.142. The molecule has 57 heavy (non-hydrogen) atoms. The molecule has 3 aliphatic rings. The molecule has 6 amide bonds. The highest BCUT2D eigenvalue weighted by Crippen LogP contribution is 2.34. The van der Waals surface area contributed by atoms with Crippen LogP contribution in [-0.2, 0) is 24.8 Å². The number of primary amides is 1. The molecule has 0 spiro atoms. The third-order valence-corrected chi connectivity index (χ3v) is 11.3. The number of nitrogens with one attached hydrogen (secondary N) is 4. The number of ketones is 1. The molecule has 1 unspecified atom stereocenters. The molecule has 2 aliphatic carbocycles. The lowest BCUT2D eigenvalue weighted by atomic mass is 9.84. The Bertz CT molecular complexity index is 1950. The fraction of sp³-hybridized carbons (Fsp3) is 0.561. The van der Waals surface area contributed by atoms with Gasteiger partial charge >= 0.3 is 6.03 Å². The van der Waals surface area contributed by atoms with E-state index in [1.807, 2.05) is 30.3 Å². The van der Waals surface area contributed by atoms with Crippen molar-refractivity contribution < 1.29 is 33.9 Å². The van der Waals surface area contributed by atoms with Crippen LogP contribution in [0.15, 0.2) is 48.7 Å². The summed E-state index contributed by atoms with van der Waals surface area (Å²) in [5, 5.41) is 32.3. The van der Waals surface area contributed by atoms with Crippen molar-refractivity contribution in [3.05, 3.63) is 59.9 Å². The number of nitrogens with zero attached hydrogens (tertiary/aromatic N) is 4. The quantitative estimate of drug-likeness (QED) is 0.0872. The molecule has 3 aromatic rings. The fourth-order valence-corrected chi connectivity index (χ4v) is 8.03. The van der Waals surface area contributed by atoms with E-state index in [-0.39, 0.29) is 37.4 Å². The minimum atomic E-state index is -1.34. The lowest BCUT2D eigenvalue weighted by Gasteiger charge is -2.32. The Labute approximate surface area is 332 Å². The van der Waals surface area contributed by atoms with Crippen LogP contribution >= 0.6 is 0 Å². The first kappa shape index (κ1) is 41.3. The molecule has 0 radical (unpaired) electrons. The van der Waals surface area contributed by atoms with Gasteiger partial charge in [-0.1, -0.05) is 67.6 Å².